The first-order valence-corrected chi connectivity index (χ1v) is 6.51. The van der Waals surface area contributed by atoms with Crippen molar-refractivity contribution in [1.82, 2.24) is 10.2 Å². The van der Waals surface area contributed by atoms with E-state index >= 15 is 0 Å². The molecule has 20 heavy (non-hydrogen) atoms. The van der Waals surface area contributed by atoms with Crippen molar-refractivity contribution in [2.75, 3.05) is 34.3 Å². The molecule has 0 saturated carbocycles. The number of nitrogens with zero attached hydrogens (tertiary/aromatic N) is 1. The summed E-state index contributed by atoms with van der Waals surface area (Å²) in [5.74, 6) is -0.587. The first kappa shape index (κ1) is 16.4. The topological polar surface area (TPSA) is 41.6 Å². The maximum absolute atomic E-state index is 13.8. The van der Waals surface area contributed by atoms with Crippen LogP contribution >= 0.6 is 0 Å². The third-order valence-corrected chi connectivity index (χ3v) is 2.89. The smallest absolute Gasteiger partial charge is 0.254 e. The van der Waals surface area contributed by atoms with Gasteiger partial charge in [0.2, 0.25) is 0 Å². The Kier molecular flexibility index (Phi) is 5.51. The molecule has 0 atom stereocenters. The lowest BCUT2D eigenvalue weighted by Gasteiger charge is -2.28. The SMILES string of the molecule is COc1ccc(C(=O)NCC(C)(C)CN(C)C)c(F)c1. The van der Waals surface area contributed by atoms with Crippen LogP contribution in [0.15, 0.2) is 18.2 Å². The highest BCUT2D eigenvalue weighted by atomic mass is 19.1. The van der Waals surface area contributed by atoms with Crippen LogP contribution in [-0.4, -0.2) is 45.1 Å². The zero-order valence-electron chi connectivity index (χ0n) is 12.8. The number of ether oxygens (including phenoxy) is 1. The van der Waals surface area contributed by atoms with E-state index in [0.717, 1.165) is 6.54 Å². The maximum Gasteiger partial charge on any atom is 0.254 e. The summed E-state index contributed by atoms with van der Waals surface area (Å²) >= 11 is 0. The fourth-order valence-electron chi connectivity index (χ4n) is 2.13. The predicted molar refractivity (Wildman–Crippen MR) is 77.6 cm³/mol. The van der Waals surface area contributed by atoms with Crippen molar-refractivity contribution < 1.29 is 13.9 Å². The van der Waals surface area contributed by atoms with E-state index in [1.165, 1.54) is 19.2 Å². The molecule has 0 radical (unpaired) electrons. The zero-order chi connectivity index (χ0) is 15.3. The first-order valence-electron chi connectivity index (χ1n) is 6.51. The van der Waals surface area contributed by atoms with Crippen LogP contribution in [0.1, 0.15) is 24.2 Å². The summed E-state index contributed by atoms with van der Waals surface area (Å²) in [5.41, 5.74) is -0.0475. The molecular weight excluding hydrogens is 259 g/mol. The molecule has 0 aliphatic carbocycles. The predicted octanol–water partition coefficient (Wildman–Crippen LogP) is 2.15. The van der Waals surface area contributed by atoms with Gasteiger partial charge in [0.05, 0.1) is 12.7 Å². The minimum atomic E-state index is -0.577. The average Bonchev–Trinajstić information content (AvgIpc) is 2.34. The number of hydrogen-bond donors (Lipinski definition) is 1. The molecule has 0 bridgehead atoms. The largest absolute Gasteiger partial charge is 0.497 e. The van der Waals surface area contributed by atoms with Crippen molar-refractivity contribution in [1.29, 1.82) is 0 Å². The highest BCUT2D eigenvalue weighted by Gasteiger charge is 2.21. The standard InChI is InChI=1S/C15H23FN2O2/c1-15(2,10-18(3)4)9-17-14(19)12-7-6-11(20-5)8-13(12)16/h6-8H,9-10H2,1-5H3,(H,17,19). The van der Waals surface area contributed by atoms with E-state index in [4.69, 9.17) is 4.74 Å². The molecule has 5 heteroatoms. The van der Waals surface area contributed by atoms with Crippen LogP contribution in [0.2, 0.25) is 0 Å². The molecule has 1 aromatic carbocycles. The fourth-order valence-corrected chi connectivity index (χ4v) is 2.13. The lowest BCUT2D eigenvalue weighted by atomic mass is 9.93. The van der Waals surface area contributed by atoms with Gasteiger partial charge in [0.15, 0.2) is 0 Å². The van der Waals surface area contributed by atoms with Crippen molar-refractivity contribution >= 4 is 5.91 Å². The van der Waals surface area contributed by atoms with Crippen LogP contribution in [0.5, 0.6) is 5.75 Å². The lowest BCUT2D eigenvalue weighted by molar-refractivity contribution is 0.0925. The van der Waals surface area contributed by atoms with Gasteiger partial charge in [-0.15, -0.1) is 0 Å². The van der Waals surface area contributed by atoms with Crippen molar-refractivity contribution in [3.8, 4) is 5.75 Å². The normalized spacial score (nSPS) is 11.6. The molecule has 1 rings (SSSR count). The van der Waals surface area contributed by atoms with Crippen molar-refractivity contribution in [3.63, 3.8) is 0 Å². The van der Waals surface area contributed by atoms with Gasteiger partial charge in [-0.1, -0.05) is 13.8 Å². The van der Waals surface area contributed by atoms with Crippen LogP contribution in [0.4, 0.5) is 4.39 Å². The Morgan fingerprint density at radius 1 is 1.40 bits per heavy atom. The van der Waals surface area contributed by atoms with Crippen LogP contribution in [-0.2, 0) is 0 Å². The number of carbonyl (C=O) groups is 1. The number of amides is 1. The van der Waals surface area contributed by atoms with E-state index in [-0.39, 0.29) is 11.0 Å². The minimum Gasteiger partial charge on any atom is -0.497 e. The molecule has 0 aliphatic rings. The Bertz CT molecular complexity index is 473. The number of halogens is 1. The third kappa shape index (κ3) is 4.81. The van der Waals surface area contributed by atoms with Gasteiger partial charge in [-0.25, -0.2) is 4.39 Å². The number of carbonyl (C=O) groups excluding carboxylic acids is 1. The molecule has 0 heterocycles. The lowest BCUT2D eigenvalue weighted by Crippen LogP contribution is -2.40. The molecule has 0 unspecified atom stereocenters. The van der Waals surface area contributed by atoms with E-state index < -0.39 is 11.7 Å². The van der Waals surface area contributed by atoms with E-state index in [0.29, 0.717) is 12.3 Å². The van der Waals surface area contributed by atoms with Gasteiger partial charge >= 0.3 is 0 Å². The maximum atomic E-state index is 13.8. The van der Waals surface area contributed by atoms with Gasteiger partial charge in [0, 0.05) is 19.2 Å². The monoisotopic (exact) mass is 282 g/mol. The molecule has 0 spiro atoms. The molecule has 1 aromatic rings. The third-order valence-electron chi connectivity index (χ3n) is 2.89. The second-order valence-electron chi connectivity index (χ2n) is 5.93. The van der Waals surface area contributed by atoms with Crippen LogP contribution in [0.3, 0.4) is 0 Å². The van der Waals surface area contributed by atoms with Crippen molar-refractivity contribution in [3.05, 3.63) is 29.6 Å². The Balaban J connectivity index is 2.68. The van der Waals surface area contributed by atoms with Gasteiger partial charge in [0.1, 0.15) is 11.6 Å². The van der Waals surface area contributed by atoms with E-state index in [1.807, 2.05) is 14.1 Å². The van der Waals surface area contributed by atoms with Crippen LogP contribution < -0.4 is 10.1 Å². The first-order chi connectivity index (χ1) is 9.25. The Labute approximate surface area is 119 Å². The fraction of sp³-hybridized carbons (Fsp3) is 0.533. The van der Waals surface area contributed by atoms with Gasteiger partial charge in [-0.2, -0.15) is 0 Å². The number of benzene rings is 1. The number of rotatable bonds is 6. The van der Waals surface area contributed by atoms with E-state index in [2.05, 4.69) is 24.1 Å². The van der Waals surface area contributed by atoms with Crippen LogP contribution in [0.25, 0.3) is 0 Å². The summed E-state index contributed by atoms with van der Waals surface area (Å²) in [6.07, 6.45) is 0. The molecule has 0 aliphatic heterocycles. The molecule has 1 N–H and O–H groups in total. The number of nitrogens with one attached hydrogen (secondary N) is 1. The summed E-state index contributed by atoms with van der Waals surface area (Å²) in [6, 6.07) is 4.21. The summed E-state index contributed by atoms with van der Waals surface area (Å²) in [7, 11) is 5.41. The Morgan fingerprint density at radius 3 is 2.55 bits per heavy atom. The average molecular weight is 282 g/mol. The molecule has 1 amide bonds. The van der Waals surface area contributed by atoms with Gasteiger partial charge in [-0.3, -0.25) is 4.79 Å². The number of methoxy groups -OCH3 is 1. The summed E-state index contributed by atoms with van der Waals surface area (Å²) in [4.78, 5) is 14.0. The molecule has 4 nitrogen and oxygen atoms in total. The van der Waals surface area contributed by atoms with Crippen molar-refractivity contribution in [2.45, 2.75) is 13.8 Å². The van der Waals surface area contributed by atoms with Crippen LogP contribution in [0, 0.1) is 11.2 Å². The second-order valence-corrected chi connectivity index (χ2v) is 5.93. The molecule has 0 aromatic heterocycles. The number of hydrogen-bond acceptors (Lipinski definition) is 3. The zero-order valence-corrected chi connectivity index (χ0v) is 12.8. The molecular formula is C15H23FN2O2. The second kappa shape index (κ2) is 6.70. The highest BCUT2D eigenvalue weighted by molar-refractivity contribution is 5.94. The quantitative estimate of drug-likeness (QED) is 0.869. The van der Waals surface area contributed by atoms with E-state index in [1.54, 1.807) is 6.07 Å². The minimum absolute atomic E-state index is 0.0338. The Morgan fingerprint density at radius 2 is 2.05 bits per heavy atom. The summed E-state index contributed by atoms with van der Waals surface area (Å²) in [6.45, 7) is 5.42. The Hall–Kier alpha value is -1.62. The molecule has 0 saturated heterocycles. The molecule has 112 valence electrons. The van der Waals surface area contributed by atoms with Crippen molar-refractivity contribution in [2.24, 2.45) is 5.41 Å². The van der Waals surface area contributed by atoms with E-state index in [9.17, 15) is 9.18 Å². The van der Waals surface area contributed by atoms with Gasteiger partial charge in [-0.05, 0) is 31.6 Å². The van der Waals surface area contributed by atoms with Gasteiger partial charge in [0.25, 0.3) is 5.91 Å². The molecule has 0 fully saturated rings. The summed E-state index contributed by atoms with van der Waals surface area (Å²) in [5, 5.41) is 2.78. The van der Waals surface area contributed by atoms with Gasteiger partial charge < -0.3 is 15.0 Å². The highest BCUT2D eigenvalue weighted by Crippen LogP contribution is 2.17. The summed E-state index contributed by atoms with van der Waals surface area (Å²) < 4.78 is 18.7.